The number of hydrogen-bond donors (Lipinski definition) is 2. The Balaban J connectivity index is 1.38. The van der Waals surface area contributed by atoms with Gasteiger partial charge < -0.3 is 29.3 Å². The maximum absolute atomic E-state index is 9.89. The zero-order valence-corrected chi connectivity index (χ0v) is 32.2. The van der Waals surface area contributed by atoms with E-state index in [0.717, 1.165) is 83.2 Å². The van der Waals surface area contributed by atoms with E-state index in [9.17, 15) is 10.2 Å². The number of aliphatic hydroxyl groups is 2. The maximum atomic E-state index is 9.89. The Labute approximate surface area is 323 Å². The van der Waals surface area contributed by atoms with Crippen molar-refractivity contribution in [3.8, 4) is 11.5 Å². The van der Waals surface area contributed by atoms with Crippen LogP contribution in [0, 0.1) is 24.7 Å². The maximum Gasteiger partial charge on any atom is 0.231 e. The first-order chi connectivity index (χ1) is 26.5. The second-order valence-electron chi connectivity index (χ2n) is 14.6. The number of allylic oxidation sites excluding steroid dienone is 1. The number of benzene rings is 3. The average Bonchev–Trinajstić information content (AvgIpc) is 3.18. The minimum atomic E-state index is -1.06. The number of ether oxygens (including phenoxy) is 3. The van der Waals surface area contributed by atoms with Gasteiger partial charge in [0.05, 0.1) is 29.2 Å². The lowest BCUT2D eigenvalue weighted by molar-refractivity contribution is -0.223. The molecule has 284 valence electrons. The molecule has 0 bridgehead atoms. The van der Waals surface area contributed by atoms with E-state index >= 15 is 0 Å². The molecule has 0 saturated heterocycles. The third-order valence-electron chi connectivity index (χ3n) is 11.2. The van der Waals surface area contributed by atoms with Crippen LogP contribution in [0.5, 0.6) is 11.5 Å². The fourth-order valence-electron chi connectivity index (χ4n) is 8.87. The van der Waals surface area contributed by atoms with Crippen molar-refractivity contribution in [2.24, 2.45) is 22.9 Å². The fourth-order valence-corrected chi connectivity index (χ4v) is 10.2. The van der Waals surface area contributed by atoms with Crippen molar-refractivity contribution in [2.45, 2.75) is 80.3 Å². The van der Waals surface area contributed by atoms with Crippen LogP contribution in [-0.4, -0.2) is 58.9 Å². The summed E-state index contributed by atoms with van der Waals surface area (Å²) < 4.78 is 20.8. The van der Waals surface area contributed by atoms with Gasteiger partial charge in [-0.3, -0.25) is 4.98 Å². The first kappa shape index (κ1) is 38.1. The molecule has 4 aromatic rings. The summed E-state index contributed by atoms with van der Waals surface area (Å²) in [6.07, 6.45) is 9.93. The number of aryl methyl sites for hydroxylation is 1. The Bertz CT molecular complexity index is 1980. The van der Waals surface area contributed by atoms with Gasteiger partial charge in [-0.05, 0) is 103 Å². The molecule has 0 spiro atoms. The van der Waals surface area contributed by atoms with Crippen LogP contribution in [0.2, 0.25) is 0 Å². The second-order valence-corrected chi connectivity index (χ2v) is 15.9. The van der Waals surface area contributed by atoms with Crippen molar-refractivity contribution >= 4 is 28.2 Å². The number of aliphatic hydroxyl groups excluding tert-OH is 2. The van der Waals surface area contributed by atoms with Gasteiger partial charge in [-0.1, -0.05) is 66.5 Å². The molecule has 1 saturated carbocycles. The third-order valence-corrected chi connectivity index (χ3v) is 12.5. The number of thioether (sulfide) groups is 1. The molecule has 3 aliphatic rings. The number of hydrogen-bond acceptors (Lipinski definition) is 9. The largest absolute Gasteiger partial charge is 0.487 e. The van der Waals surface area contributed by atoms with Crippen molar-refractivity contribution < 1.29 is 29.3 Å². The van der Waals surface area contributed by atoms with Crippen molar-refractivity contribution in [2.75, 3.05) is 26.9 Å². The van der Waals surface area contributed by atoms with Gasteiger partial charge in [0.2, 0.25) is 5.79 Å². The molecule has 2 heterocycles. The molecule has 3 aromatic carbocycles. The summed E-state index contributed by atoms with van der Waals surface area (Å²) in [5.74, 6) is 0.681. The minimum Gasteiger partial charge on any atom is -0.487 e. The number of rotatable bonds is 17. The van der Waals surface area contributed by atoms with Gasteiger partial charge in [-0.15, -0.1) is 18.3 Å². The Morgan fingerprint density at radius 3 is 2.56 bits per heavy atom. The zero-order chi connectivity index (χ0) is 37.5. The third kappa shape index (κ3) is 7.96. The first-order valence-electron chi connectivity index (χ1n) is 19.3. The molecule has 1 aliphatic heterocycles. The quantitative estimate of drug-likeness (QED) is 0.0627. The molecule has 54 heavy (non-hydrogen) atoms. The summed E-state index contributed by atoms with van der Waals surface area (Å²) in [6, 6.07) is 27.2. The van der Waals surface area contributed by atoms with Gasteiger partial charge in [0.1, 0.15) is 25.2 Å². The molecule has 1 fully saturated rings. The summed E-state index contributed by atoms with van der Waals surface area (Å²) >= 11 is 1.77. The van der Waals surface area contributed by atoms with E-state index in [1.807, 2.05) is 37.3 Å². The summed E-state index contributed by atoms with van der Waals surface area (Å²) in [4.78, 5) is 11.4. The van der Waals surface area contributed by atoms with Crippen molar-refractivity contribution in [1.29, 1.82) is 0 Å². The van der Waals surface area contributed by atoms with Crippen LogP contribution in [0.4, 0.5) is 0 Å². The summed E-state index contributed by atoms with van der Waals surface area (Å²) in [5, 5.41) is 26.6. The molecule has 6 atom stereocenters. The zero-order valence-electron chi connectivity index (χ0n) is 31.4. The Kier molecular flexibility index (Phi) is 12.4. The summed E-state index contributed by atoms with van der Waals surface area (Å²) in [6.45, 7) is 7.03. The summed E-state index contributed by atoms with van der Waals surface area (Å²) in [7, 11) is 1.62. The predicted octanol–water partition coefficient (Wildman–Crippen LogP) is 9.18. The van der Waals surface area contributed by atoms with Crippen LogP contribution in [0.15, 0.2) is 113 Å². The molecule has 9 heteroatoms. The van der Waals surface area contributed by atoms with Crippen molar-refractivity contribution in [3.63, 3.8) is 0 Å². The lowest BCUT2D eigenvalue weighted by Gasteiger charge is -2.58. The van der Waals surface area contributed by atoms with E-state index in [-0.39, 0.29) is 42.1 Å². The number of pyridine rings is 1. The molecule has 1 aromatic heterocycles. The molecule has 2 N–H and O–H groups in total. The van der Waals surface area contributed by atoms with Crippen molar-refractivity contribution in [1.82, 2.24) is 4.98 Å². The van der Waals surface area contributed by atoms with Crippen LogP contribution >= 0.6 is 11.8 Å². The highest BCUT2D eigenvalue weighted by Gasteiger charge is 2.64. The molecule has 6 unspecified atom stereocenters. The van der Waals surface area contributed by atoms with Crippen molar-refractivity contribution in [3.05, 3.63) is 120 Å². The van der Waals surface area contributed by atoms with Crippen LogP contribution in [-0.2, 0) is 16.2 Å². The van der Waals surface area contributed by atoms with E-state index in [2.05, 4.69) is 66.2 Å². The highest BCUT2D eigenvalue weighted by molar-refractivity contribution is 8.00. The lowest BCUT2D eigenvalue weighted by Crippen LogP contribution is -2.64. The van der Waals surface area contributed by atoms with Crippen LogP contribution < -0.4 is 9.47 Å². The fraction of sp³-hybridized carbons (Fsp3) is 0.422. The van der Waals surface area contributed by atoms with E-state index < -0.39 is 5.79 Å². The van der Waals surface area contributed by atoms with Gasteiger partial charge in [-0.2, -0.15) is 0 Å². The van der Waals surface area contributed by atoms with Crippen LogP contribution in [0.3, 0.4) is 0 Å². The first-order valence-corrected chi connectivity index (χ1v) is 20.2. The number of nitrogens with zero attached hydrogens (tertiary/aromatic N) is 2. The smallest absolute Gasteiger partial charge is 0.231 e. The Hall–Kier alpha value is -4.15. The molecule has 2 aliphatic carbocycles. The normalized spacial score (nSPS) is 25.0. The highest BCUT2D eigenvalue weighted by atomic mass is 32.2. The minimum absolute atomic E-state index is 0.0147. The highest BCUT2D eigenvalue weighted by Crippen LogP contribution is 2.63. The Morgan fingerprint density at radius 2 is 1.78 bits per heavy atom. The number of aromatic nitrogens is 1. The molecule has 7 rings (SSSR count). The van der Waals surface area contributed by atoms with Crippen LogP contribution in [0.1, 0.15) is 67.8 Å². The standard InChI is InChI=1S/C45H52N2O6S/c1-4-24-52-45-42(54-36-20-18-31-13-5-6-14-32(31)25-36)28-40(47-50-3)38-26-33(15-7-9-22-48)37(17-8-10-23-49)43(44(38)45)39-27-35(19-21-41(39)53-45)51-29-34-16-11-12-30(2)46-34/h4-6,11-14,16,18-21,25-27,33,37,42-44,48-49H,1,7-10,15,17,22-24,28-29H2,2-3H3. The Morgan fingerprint density at radius 1 is 0.963 bits per heavy atom. The predicted molar refractivity (Wildman–Crippen MR) is 215 cm³/mol. The number of fused-ring (bicyclic) bond motifs is 3. The summed E-state index contributed by atoms with van der Waals surface area (Å²) in [5.41, 5.74) is 4.93. The molecule has 8 nitrogen and oxygen atoms in total. The monoisotopic (exact) mass is 748 g/mol. The van der Waals surface area contributed by atoms with Gasteiger partial charge in [0, 0.05) is 41.7 Å². The molecule has 0 amide bonds. The SMILES string of the molecule is C=CCOC12Oc3ccc(OCc4cccc(C)n4)cc3C3C(CCCCO)C(CCCCO)C=C(C(=NOC)CC1Sc1ccc4ccccc4c1)C32. The van der Waals surface area contributed by atoms with E-state index in [4.69, 9.17) is 24.2 Å². The molecule has 0 radical (unpaired) electrons. The molecular weight excluding hydrogens is 697 g/mol. The number of oxime groups is 1. The topological polar surface area (TPSA) is 103 Å². The van der Waals surface area contributed by atoms with E-state index in [0.29, 0.717) is 19.6 Å². The molecular formula is C45H52N2O6S. The van der Waals surface area contributed by atoms with E-state index in [1.165, 1.54) is 10.8 Å². The second kappa shape index (κ2) is 17.5. The van der Waals surface area contributed by atoms with E-state index in [1.54, 1.807) is 24.9 Å². The van der Waals surface area contributed by atoms with Gasteiger partial charge in [-0.25, -0.2) is 0 Å². The average molecular weight is 749 g/mol. The van der Waals surface area contributed by atoms with Gasteiger partial charge in [0.15, 0.2) is 0 Å². The number of unbranched alkanes of at least 4 members (excludes halogenated alkanes) is 2. The van der Waals surface area contributed by atoms with Gasteiger partial charge >= 0.3 is 0 Å². The van der Waals surface area contributed by atoms with Gasteiger partial charge in [0.25, 0.3) is 0 Å². The van der Waals surface area contributed by atoms with Crippen LogP contribution in [0.25, 0.3) is 10.8 Å². The lowest BCUT2D eigenvalue weighted by atomic mass is 9.56.